The third-order valence-electron chi connectivity index (χ3n) is 2.15. The molecule has 1 unspecified atom stereocenters. The van der Waals surface area contributed by atoms with Gasteiger partial charge in [0.25, 0.3) is 0 Å². The lowest BCUT2D eigenvalue weighted by Crippen LogP contribution is -2.47. The van der Waals surface area contributed by atoms with E-state index in [1.807, 2.05) is 0 Å². The van der Waals surface area contributed by atoms with Crippen molar-refractivity contribution in [3.05, 3.63) is 0 Å². The molecule has 0 saturated heterocycles. The maximum atomic E-state index is 11.5. The summed E-state index contributed by atoms with van der Waals surface area (Å²) < 4.78 is 21.8. The van der Waals surface area contributed by atoms with Crippen LogP contribution < -0.4 is 5.32 Å². The number of carbonyl (C=O) groups is 2. The predicted octanol–water partition coefficient (Wildman–Crippen LogP) is -0.464. The van der Waals surface area contributed by atoms with Crippen molar-refractivity contribution in [2.45, 2.75) is 19.4 Å². The molecule has 100 valence electrons. The zero-order chi connectivity index (χ0) is 13.6. The maximum Gasteiger partial charge on any atom is 0.326 e. The van der Waals surface area contributed by atoms with E-state index in [9.17, 15) is 18.0 Å². The van der Waals surface area contributed by atoms with Gasteiger partial charge in [-0.05, 0) is 6.42 Å². The second-order valence-corrected chi connectivity index (χ2v) is 6.06. The molecule has 0 fully saturated rings. The molecule has 0 aromatic carbocycles. The average molecular weight is 266 g/mol. The van der Waals surface area contributed by atoms with Gasteiger partial charge < -0.3 is 15.3 Å². The quantitative estimate of drug-likeness (QED) is 0.676. The fraction of sp³-hybridized carbons (Fsp3) is 0.778. The zero-order valence-corrected chi connectivity index (χ0v) is 11.0. The summed E-state index contributed by atoms with van der Waals surface area (Å²) in [7, 11) is -1.73. The van der Waals surface area contributed by atoms with Crippen molar-refractivity contribution in [3.63, 3.8) is 0 Å². The van der Waals surface area contributed by atoms with Gasteiger partial charge in [-0.3, -0.25) is 0 Å². The highest BCUT2D eigenvalue weighted by Gasteiger charge is 2.20. The van der Waals surface area contributed by atoms with Crippen LogP contribution >= 0.6 is 0 Å². The summed E-state index contributed by atoms with van der Waals surface area (Å²) in [5, 5.41) is 11.0. The minimum atomic E-state index is -3.14. The first-order valence-electron chi connectivity index (χ1n) is 5.09. The standard InChI is InChI=1S/C9H18N2O5S/c1-4-7(8(12)13)10-9(14)11(2)5-6-17(3,15)16/h7H,4-6H2,1-3H3,(H,10,14)(H,12,13). The topological polar surface area (TPSA) is 104 Å². The van der Waals surface area contributed by atoms with E-state index in [4.69, 9.17) is 5.11 Å². The molecular formula is C9H18N2O5S. The first-order valence-corrected chi connectivity index (χ1v) is 7.15. The van der Waals surface area contributed by atoms with E-state index in [2.05, 4.69) is 5.32 Å². The SMILES string of the molecule is CCC(NC(=O)N(C)CCS(C)(=O)=O)C(=O)O. The summed E-state index contributed by atoms with van der Waals surface area (Å²) in [6.07, 6.45) is 1.34. The van der Waals surface area contributed by atoms with E-state index in [1.54, 1.807) is 6.92 Å². The molecule has 0 saturated carbocycles. The number of hydrogen-bond acceptors (Lipinski definition) is 4. The molecule has 0 spiro atoms. The summed E-state index contributed by atoms with van der Waals surface area (Å²) in [4.78, 5) is 23.3. The molecule has 0 aromatic rings. The summed E-state index contributed by atoms with van der Waals surface area (Å²) in [5.41, 5.74) is 0. The largest absolute Gasteiger partial charge is 0.480 e. The number of carboxylic acids is 1. The number of urea groups is 1. The highest BCUT2D eigenvalue weighted by Crippen LogP contribution is 1.94. The van der Waals surface area contributed by atoms with Gasteiger partial charge in [-0.2, -0.15) is 0 Å². The summed E-state index contributed by atoms with van der Waals surface area (Å²) in [5.74, 6) is -1.27. The molecule has 2 amide bonds. The molecule has 0 aliphatic rings. The Bertz CT molecular complexity index is 379. The number of nitrogens with zero attached hydrogens (tertiary/aromatic N) is 1. The van der Waals surface area contributed by atoms with Crippen LogP contribution in [-0.4, -0.2) is 62.1 Å². The van der Waals surface area contributed by atoms with Gasteiger partial charge >= 0.3 is 12.0 Å². The van der Waals surface area contributed by atoms with Crippen LogP contribution in [0.25, 0.3) is 0 Å². The van der Waals surface area contributed by atoms with Crippen molar-refractivity contribution in [1.82, 2.24) is 10.2 Å². The predicted molar refractivity (Wildman–Crippen MR) is 62.6 cm³/mol. The van der Waals surface area contributed by atoms with Crippen LogP contribution in [-0.2, 0) is 14.6 Å². The van der Waals surface area contributed by atoms with Crippen molar-refractivity contribution < 1.29 is 23.1 Å². The summed E-state index contributed by atoms with van der Waals surface area (Å²) in [6, 6.07) is -1.55. The van der Waals surface area contributed by atoms with Crippen molar-refractivity contribution in [2.24, 2.45) is 0 Å². The number of nitrogens with one attached hydrogen (secondary N) is 1. The number of carboxylic acid groups (broad SMARTS) is 1. The molecule has 0 rings (SSSR count). The van der Waals surface area contributed by atoms with Gasteiger partial charge in [0.1, 0.15) is 15.9 Å². The Morgan fingerprint density at radius 2 is 1.94 bits per heavy atom. The van der Waals surface area contributed by atoms with Gasteiger partial charge in [-0.15, -0.1) is 0 Å². The Morgan fingerprint density at radius 1 is 1.41 bits per heavy atom. The van der Waals surface area contributed by atoms with Gasteiger partial charge in [0, 0.05) is 19.8 Å². The Labute approximate surface area is 101 Å². The van der Waals surface area contributed by atoms with Crippen LogP contribution in [0.1, 0.15) is 13.3 Å². The van der Waals surface area contributed by atoms with E-state index >= 15 is 0 Å². The van der Waals surface area contributed by atoms with Crippen LogP contribution in [0, 0.1) is 0 Å². The van der Waals surface area contributed by atoms with Crippen LogP contribution in [0.5, 0.6) is 0 Å². The van der Waals surface area contributed by atoms with Gasteiger partial charge in [0.2, 0.25) is 0 Å². The molecule has 2 N–H and O–H groups in total. The number of rotatable bonds is 6. The Balaban J connectivity index is 4.27. The second kappa shape index (κ2) is 6.43. The molecular weight excluding hydrogens is 248 g/mol. The fourth-order valence-electron chi connectivity index (χ4n) is 1.00. The lowest BCUT2D eigenvalue weighted by atomic mass is 10.2. The molecule has 17 heavy (non-hydrogen) atoms. The fourth-order valence-corrected chi connectivity index (χ4v) is 1.61. The third kappa shape index (κ3) is 6.77. The molecule has 0 bridgehead atoms. The second-order valence-electron chi connectivity index (χ2n) is 3.80. The average Bonchev–Trinajstić information content (AvgIpc) is 2.20. The molecule has 0 aliphatic carbocycles. The van der Waals surface area contributed by atoms with E-state index in [-0.39, 0.29) is 18.7 Å². The highest BCUT2D eigenvalue weighted by molar-refractivity contribution is 7.90. The molecule has 1 atom stereocenters. The van der Waals surface area contributed by atoms with Crippen molar-refractivity contribution in [1.29, 1.82) is 0 Å². The summed E-state index contributed by atoms with van der Waals surface area (Å²) >= 11 is 0. The van der Waals surface area contributed by atoms with Crippen molar-refractivity contribution >= 4 is 21.8 Å². The lowest BCUT2D eigenvalue weighted by molar-refractivity contribution is -0.139. The van der Waals surface area contributed by atoms with Gasteiger partial charge in [-0.1, -0.05) is 6.92 Å². The molecule has 0 aliphatic heterocycles. The first kappa shape index (κ1) is 15.7. The van der Waals surface area contributed by atoms with E-state index < -0.39 is 27.9 Å². The zero-order valence-electron chi connectivity index (χ0n) is 10.1. The third-order valence-corrected chi connectivity index (χ3v) is 3.07. The molecule has 7 nitrogen and oxygen atoms in total. The van der Waals surface area contributed by atoms with Crippen LogP contribution in [0.3, 0.4) is 0 Å². The molecule has 0 heterocycles. The van der Waals surface area contributed by atoms with Crippen molar-refractivity contribution in [2.75, 3.05) is 25.6 Å². The first-order chi connectivity index (χ1) is 7.67. The summed E-state index contributed by atoms with van der Waals surface area (Å²) in [6.45, 7) is 1.66. The normalized spacial score (nSPS) is 12.9. The number of sulfone groups is 1. The van der Waals surface area contributed by atoms with E-state index in [0.717, 1.165) is 11.2 Å². The Kier molecular flexibility index (Phi) is 5.94. The number of carbonyl (C=O) groups excluding carboxylic acids is 1. The van der Waals surface area contributed by atoms with E-state index in [1.165, 1.54) is 7.05 Å². The monoisotopic (exact) mass is 266 g/mol. The van der Waals surface area contributed by atoms with Gasteiger partial charge in [0.15, 0.2) is 0 Å². The number of amides is 2. The lowest BCUT2D eigenvalue weighted by Gasteiger charge is -2.20. The molecule has 8 heteroatoms. The minimum absolute atomic E-state index is 0.0285. The molecule has 0 radical (unpaired) electrons. The maximum absolute atomic E-state index is 11.5. The number of hydrogen-bond donors (Lipinski definition) is 2. The van der Waals surface area contributed by atoms with Crippen LogP contribution in [0.15, 0.2) is 0 Å². The van der Waals surface area contributed by atoms with Crippen LogP contribution in [0.2, 0.25) is 0 Å². The highest BCUT2D eigenvalue weighted by atomic mass is 32.2. The Morgan fingerprint density at radius 3 is 2.29 bits per heavy atom. The Hall–Kier alpha value is -1.31. The van der Waals surface area contributed by atoms with E-state index in [0.29, 0.717) is 0 Å². The van der Waals surface area contributed by atoms with Gasteiger partial charge in [-0.25, -0.2) is 18.0 Å². The van der Waals surface area contributed by atoms with Gasteiger partial charge in [0.05, 0.1) is 5.75 Å². The smallest absolute Gasteiger partial charge is 0.326 e. The minimum Gasteiger partial charge on any atom is -0.480 e. The van der Waals surface area contributed by atoms with Crippen molar-refractivity contribution in [3.8, 4) is 0 Å². The van der Waals surface area contributed by atoms with Crippen LogP contribution in [0.4, 0.5) is 4.79 Å². The number of aliphatic carboxylic acids is 1. The molecule has 0 aromatic heterocycles.